The Morgan fingerprint density at radius 3 is 2.13 bits per heavy atom. The Morgan fingerprint density at radius 1 is 1.20 bits per heavy atom. The average Bonchev–Trinajstić information content (AvgIpc) is 2.12. The van der Waals surface area contributed by atoms with Gasteiger partial charge in [-0.25, -0.2) is 8.78 Å². The van der Waals surface area contributed by atoms with E-state index in [2.05, 4.69) is 5.43 Å². The summed E-state index contributed by atoms with van der Waals surface area (Å²) in [5, 5.41) is 0. The van der Waals surface area contributed by atoms with Crippen LogP contribution in [0.3, 0.4) is 0 Å². The van der Waals surface area contributed by atoms with E-state index >= 15 is 0 Å². The number of aryl methyl sites for hydroxylation is 2. The number of alkyl halides is 2. The highest BCUT2D eigenvalue weighted by Crippen LogP contribution is 2.13. The molecule has 0 heterocycles. The standard InChI is InChI=1S/C11H16F2N2/c1-7-3-8(2)5-9(4-7)6-10(15-14)11(12)13/h3-5,10-11,15H,6,14H2,1-2H3. The fourth-order valence-corrected chi connectivity index (χ4v) is 1.66. The van der Waals surface area contributed by atoms with Gasteiger partial charge in [-0.3, -0.25) is 11.3 Å². The van der Waals surface area contributed by atoms with Gasteiger partial charge in [0.1, 0.15) is 0 Å². The van der Waals surface area contributed by atoms with Crippen LogP contribution in [0.4, 0.5) is 8.78 Å². The maximum Gasteiger partial charge on any atom is 0.255 e. The van der Waals surface area contributed by atoms with Crippen LogP contribution in [-0.2, 0) is 6.42 Å². The monoisotopic (exact) mass is 214 g/mol. The summed E-state index contributed by atoms with van der Waals surface area (Å²) in [6.45, 7) is 3.90. The summed E-state index contributed by atoms with van der Waals surface area (Å²) in [5.41, 5.74) is 5.18. The quantitative estimate of drug-likeness (QED) is 0.594. The van der Waals surface area contributed by atoms with Crippen molar-refractivity contribution in [2.75, 3.05) is 0 Å². The Kier molecular flexibility index (Phi) is 4.17. The summed E-state index contributed by atoms with van der Waals surface area (Å²) < 4.78 is 24.9. The van der Waals surface area contributed by atoms with Gasteiger partial charge in [-0.05, 0) is 25.8 Å². The predicted octanol–water partition coefficient (Wildman–Crippen LogP) is 1.94. The highest BCUT2D eigenvalue weighted by molar-refractivity contribution is 5.29. The molecule has 1 aromatic rings. The highest BCUT2D eigenvalue weighted by atomic mass is 19.3. The number of halogens is 2. The van der Waals surface area contributed by atoms with Crippen LogP contribution in [0.25, 0.3) is 0 Å². The summed E-state index contributed by atoms with van der Waals surface area (Å²) in [6.07, 6.45) is -2.20. The van der Waals surface area contributed by atoms with Gasteiger partial charge in [-0.1, -0.05) is 29.3 Å². The molecule has 1 rings (SSSR count). The van der Waals surface area contributed by atoms with E-state index in [4.69, 9.17) is 5.84 Å². The Labute approximate surface area is 88.4 Å². The van der Waals surface area contributed by atoms with Crippen molar-refractivity contribution in [2.45, 2.75) is 32.7 Å². The topological polar surface area (TPSA) is 38.0 Å². The Bertz CT molecular complexity index is 306. The lowest BCUT2D eigenvalue weighted by Gasteiger charge is -2.15. The molecular formula is C11H16F2N2. The molecule has 0 radical (unpaired) electrons. The minimum Gasteiger partial charge on any atom is -0.271 e. The summed E-state index contributed by atoms with van der Waals surface area (Å²) in [4.78, 5) is 0. The van der Waals surface area contributed by atoms with Crippen LogP contribution < -0.4 is 11.3 Å². The lowest BCUT2D eigenvalue weighted by Crippen LogP contribution is -2.42. The first kappa shape index (κ1) is 12.1. The molecule has 84 valence electrons. The van der Waals surface area contributed by atoms with E-state index in [0.717, 1.165) is 16.7 Å². The molecule has 4 heteroatoms. The zero-order valence-electron chi connectivity index (χ0n) is 8.93. The molecule has 0 fully saturated rings. The first-order valence-electron chi connectivity index (χ1n) is 4.84. The molecule has 0 amide bonds. The van der Waals surface area contributed by atoms with Crippen LogP contribution in [-0.4, -0.2) is 12.5 Å². The molecule has 0 saturated heterocycles. The molecule has 0 saturated carbocycles. The third kappa shape index (κ3) is 3.57. The zero-order chi connectivity index (χ0) is 11.4. The fourth-order valence-electron chi connectivity index (χ4n) is 1.66. The van der Waals surface area contributed by atoms with Crippen molar-refractivity contribution in [1.82, 2.24) is 5.43 Å². The molecule has 0 bridgehead atoms. The second-order valence-corrected chi connectivity index (χ2v) is 3.81. The van der Waals surface area contributed by atoms with Gasteiger partial charge in [0.25, 0.3) is 6.43 Å². The Morgan fingerprint density at radius 2 is 1.73 bits per heavy atom. The Balaban J connectivity index is 2.79. The van der Waals surface area contributed by atoms with Crippen LogP contribution in [0.2, 0.25) is 0 Å². The highest BCUT2D eigenvalue weighted by Gasteiger charge is 2.18. The second-order valence-electron chi connectivity index (χ2n) is 3.81. The molecule has 15 heavy (non-hydrogen) atoms. The summed E-state index contributed by atoms with van der Waals surface area (Å²) in [7, 11) is 0. The maximum absolute atomic E-state index is 12.4. The molecule has 1 atom stereocenters. The van der Waals surface area contributed by atoms with Crippen molar-refractivity contribution in [3.63, 3.8) is 0 Å². The molecule has 1 unspecified atom stereocenters. The first-order chi connectivity index (χ1) is 7.02. The number of benzene rings is 1. The summed E-state index contributed by atoms with van der Waals surface area (Å²) >= 11 is 0. The van der Waals surface area contributed by atoms with Gasteiger partial charge in [-0.2, -0.15) is 0 Å². The van der Waals surface area contributed by atoms with E-state index in [9.17, 15) is 8.78 Å². The lowest BCUT2D eigenvalue weighted by atomic mass is 10.0. The molecule has 2 nitrogen and oxygen atoms in total. The third-order valence-electron chi connectivity index (χ3n) is 2.26. The van der Waals surface area contributed by atoms with Crippen molar-refractivity contribution in [1.29, 1.82) is 0 Å². The number of rotatable bonds is 4. The number of hydrogen-bond donors (Lipinski definition) is 2. The van der Waals surface area contributed by atoms with Gasteiger partial charge in [0.05, 0.1) is 6.04 Å². The van der Waals surface area contributed by atoms with Gasteiger partial charge in [-0.15, -0.1) is 0 Å². The molecular weight excluding hydrogens is 198 g/mol. The Hall–Kier alpha value is -1.00. The van der Waals surface area contributed by atoms with E-state index in [1.165, 1.54) is 0 Å². The molecule has 0 aliphatic carbocycles. The van der Waals surface area contributed by atoms with Gasteiger partial charge in [0.15, 0.2) is 0 Å². The fraction of sp³-hybridized carbons (Fsp3) is 0.455. The largest absolute Gasteiger partial charge is 0.271 e. The summed E-state index contributed by atoms with van der Waals surface area (Å²) in [6, 6.07) is 4.84. The maximum atomic E-state index is 12.4. The van der Waals surface area contributed by atoms with Crippen molar-refractivity contribution >= 4 is 0 Å². The normalized spacial score (nSPS) is 13.2. The van der Waals surface area contributed by atoms with E-state index in [0.29, 0.717) is 0 Å². The minimum absolute atomic E-state index is 0.247. The average molecular weight is 214 g/mol. The van der Waals surface area contributed by atoms with E-state index < -0.39 is 12.5 Å². The number of hydrazine groups is 1. The zero-order valence-corrected chi connectivity index (χ0v) is 8.93. The molecule has 0 aliphatic rings. The van der Waals surface area contributed by atoms with Crippen LogP contribution in [0.1, 0.15) is 16.7 Å². The van der Waals surface area contributed by atoms with Crippen molar-refractivity contribution in [3.8, 4) is 0 Å². The van der Waals surface area contributed by atoms with Gasteiger partial charge < -0.3 is 0 Å². The molecule has 0 aliphatic heterocycles. The smallest absolute Gasteiger partial charge is 0.255 e. The molecule has 1 aromatic carbocycles. The SMILES string of the molecule is Cc1cc(C)cc(CC(NN)C(F)F)c1. The van der Waals surface area contributed by atoms with Crippen LogP contribution >= 0.6 is 0 Å². The molecule has 0 aromatic heterocycles. The van der Waals surface area contributed by atoms with Gasteiger partial charge >= 0.3 is 0 Å². The minimum atomic E-state index is -2.45. The predicted molar refractivity (Wildman–Crippen MR) is 56.7 cm³/mol. The first-order valence-corrected chi connectivity index (χ1v) is 4.84. The lowest BCUT2D eigenvalue weighted by molar-refractivity contribution is 0.0984. The van der Waals surface area contributed by atoms with Crippen molar-refractivity contribution < 1.29 is 8.78 Å². The van der Waals surface area contributed by atoms with Crippen molar-refractivity contribution in [2.24, 2.45) is 5.84 Å². The van der Waals surface area contributed by atoms with Gasteiger partial charge in [0, 0.05) is 0 Å². The molecule has 3 N–H and O–H groups in total. The van der Waals surface area contributed by atoms with Crippen LogP contribution in [0, 0.1) is 13.8 Å². The number of nitrogens with two attached hydrogens (primary N) is 1. The number of hydrogen-bond acceptors (Lipinski definition) is 2. The van der Waals surface area contributed by atoms with Crippen LogP contribution in [0.15, 0.2) is 18.2 Å². The van der Waals surface area contributed by atoms with Crippen LogP contribution in [0.5, 0.6) is 0 Å². The van der Waals surface area contributed by atoms with E-state index in [-0.39, 0.29) is 6.42 Å². The number of nitrogens with one attached hydrogen (secondary N) is 1. The van der Waals surface area contributed by atoms with Gasteiger partial charge in [0.2, 0.25) is 0 Å². The molecule has 0 spiro atoms. The van der Waals surface area contributed by atoms with E-state index in [1.54, 1.807) is 0 Å². The summed E-state index contributed by atoms with van der Waals surface area (Å²) in [5.74, 6) is 5.07. The van der Waals surface area contributed by atoms with E-state index in [1.807, 2.05) is 32.0 Å². The third-order valence-corrected chi connectivity index (χ3v) is 2.26. The second kappa shape index (κ2) is 5.19. The van der Waals surface area contributed by atoms with Crippen molar-refractivity contribution in [3.05, 3.63) is 34.9 Å².